The average molecular weight is 381 g/mol. The van der Waals surface area contributed by atoms with Gasteiger partial charge in [-0.2, -0.15) is 0 Å². The molecule has 0 spiro atoms. The van der Waals surface area contributed by atoms with Gasteiger partial charge < -0.3 is 15.2 Å². The summed E-state index contributed by atoms with van der Waals surface area (Å²) in [5.41, 5.74) is 0.724. The van der Waals surface area contributed by atoms with E-state index in [4.69, 9.17) is 4.74 Å². The van der Waals surface area contributed by atoms with Gasteiger partial charge >= 0.3 is 0 Å². The molecule has 148 valence electrons. The number of nitrogens with zero attached hydrogens (tertiary/aromatic N) is 2. The van der Waals surface area contributed by atoms with Gasteiger partial charge in [-0.1, -0.05) is 18.2 Å². The van der Waals surface area contributed by atoms with Crippen molar-refractivity contribution < 1.29 is 14.6 Å². The molecule has 2 saturated heterocycles. The second-order valence-electron chi connectivity index (χ2n) is 7.72. The van der Waals surface area contributed by atoms with Gasteiger partial charge in [0.2, 0.25) is 5.91 Å². The molecule has 2 aliphatic heterocycles. The Morgan fingerprint density at radius 2 is 2.00 bits per heavy atom. The summed E-state index contributed by atoms with van der Waals surface area (Å²) >= 11 is 0. The summed E-state index contributed by atoms with van der Waals surface area (Å²) in [5.74, 6) is 0.641. The predicted molar refractivity (Wildman–Crippen MR) is 107 cm³/mol. The molecular weight excluding hydrogens is 354 g/mol. The van der Waals surface area contributed by atoms with Crippen LogP contribution in [0.2, 0.25) is 0 Å². The predicted octanol–water partition coefficient (Wildman–Crippen LogP) is 2.93. The van der Waals surface area contributed by atoms with Gasteiger partial charge in [-0.05, 0) is 50.8 Å². The first kappa shape index (κ1) is 18.9. The fourth-order valence-corrected chi connectivity index (χ4v) is 4.65. The Balaban J connectivity index is 1.42. The fraction of sp³-hybridized carbons (Fsp3) is 0.455. The summed E-state index contributed by atoms with van der Waals surface area (Å²) in [5, 5.41) is 14.2. The minimum Gasteiger partial charge on any atom is -0.492 e. The van der Waals surface area contributed by atoms with Gasteiger partial charge in [-0.3, -0.25) is 14.7 Å². The number of hydrogen-bond donors (Lipinski definition) is 2. The van der Waals surface area contributed by atoms with Gasteiger partial charge in [0.15, 0.2) is 0 Å². The zero-order chi connectivity index (χ0) is 19.6. The summed E-state index contributed by atoms with van der Waals surface area (Å²) in [6.07, 6.45) is 6.77. The Morgan fingerprint density at radius 1 is 1.25 bits per heavy atom. The molecule has 2 aliphatic rings. The van der Waals surface area contributed by atoms with Crippen LogP contribution in [0, 0.1) is 0 Å². The smallest absolute Gasteiger partial charge is 0.238 e. The Hall–Kier alpha value is -2.44. The van der Waals surface area contributed by atoms with Gasteiger partial charge in [-0.25, -0.2) is 0 Å². The lowest BCUT2D eigenvalue weighted by atomic mass is 9.81. The van der Waals surface area contributed by atoms with Crippen LogP contribution in [0.1, 0.15) is 38.2 Å². The molecule has 6 nitrogen and oxygen atoms in total. The monoisotopic (exact) mass is 381 g/mol. The largest absolute Gasteiger partial charge is 0.492 e. The molecule has 0 aliphatic carbocycles. The lowest BCUT2D eigenvalue weighted by Gasteiger charge is -2.43. The summed E-state index contributed by atoms with van der Waals surface area (Å²) in [7, 11) is 0. The number of benzene rings is 1. The summed E-state index contributed by atoms with van der Waals surface area (Å²) in [6, 6.07) is 11.7. The number of nitrogens with one attached hydrogen (secondary N) is 1. The second-order valence-corrected chi connectivity index (χ2v) is 7.72. The van der Waals surface area contributed by atoms with Gasteiger partial charge in [0.1, 0.15) is 5.75 Å². The van der Waals surface area contributed by atoms with Gasteiger partial charge in [0.25, 0.3) is 0 Å². The normalized spacial score (nSPS) is 26.8. The van der Waals surface area contributed by atoms with Crippen LogP contribution in [0.5, 0.6) is 5.75 Å². The van der Waals surface area contributed by atoms with E-state index in [0.29, 0.717) is 37.4 Å². The zero-order valence-corrected chi connectivity index (χ0v) is 16.2. The molecule has 2 aromatic rings. The average Bonchev–Trinajstić information content (AvgIpc) is 2.94. The van der Waals surface area contributed by atoms with Crippen LogP contribution in [0.3, 0.4) is 0 Å². The Labute approximate surface area is 165 Å². The molecule has 4 rings (SSSR count). The molecule has 2 N–H and O–H groups in total. The molecule has 0 radical (unpaired) electrons. The highest BCUT2D eigenvalue weighted by molar-refractivity contribution is 5.93. The molecule has 2 fully saturated rings. The highest BCUT2D eigenvalue weighted by atomic mass is 16.5. The first-order valence-electron chi connectivity index (χ1n) is 9.99. The number of anilines is 1. The number of aromatic nitrogens is 1. The maximum absolute atomic E-state index is 12.7. The summed E-state index contributed by atoms with van der Waals surface area (Å²) in [4.78, 5) is 19.1. The Morgan fingerprint density at radius 3 is 2.68 bits per heavy atom. The van der Waals surface area contributed by atoms with Crippen LogP contribution in [0.25, 0.3) is 0 Å². The number of carbonyl (C=O) groups excluding carboxylic acids is 1. The van der Waals surface area contributed by atoms with E-state index in [0.717, 1.165) is 18.4 Å². The third kappa shape index (κ3) is 3.75. The van der Waals surface area contributed by atoms with Crippen LogP contribution < -0.4 is 10.1 Å². The lowest BCUT2D eigenvalue weighted by molar-refractivity contribution is -0.121. The topological polar surface area (TPSA) is 74.7 Å². The van der Waals surface area contributed by atoms with E-state index >= 15 is 0 Å². The zero-order valence-electron chi connectivity index (χ0n) is 16.2. The van der Waals surface area contributed by atoms with Crippen LogP contribution in [-0.2, 0) is 10.4 Å². The number of carbonyl (C=O) groups is 1. The van der Waals surface area contributed by atoms with Crippen molar-refractivity contribution >= 4 is 11.6 Å². The van der Waals surface area contributed by atoms with Gasteiger partial charge in [0.05, 0.1) is 24.4 Å². The number of piperidine rings is 1. The van der Waals surface area contributed by atoms with Crippen LogP contribution in [0.4, 0.5) is 5.69 Å². The summed E-state index contributed by atoms with van der Waals surface area (Å²) < 4.78 is 5.59. The van der Waals surface area contributed by atoms with Crippen molar-refractivity contribution in [1.82, 2.24) is 9.88 Å². The van der Waals surface area contributed by atoms with Gasteiger partial charge in [0, 0.05) is 30.0 Å². The van der Waals surface area contributed by atoms with Crippen molar-refractivity contribution in [1.29, 1.82) is 0 Å². The highest BCUT2D eigenvalue weighted by Crippen LogP contribution is 2.45. The molecule has 3 atom stereocenters. The molecule has 6 heteroatoms. The Kier molecular flexibility index (Phi) is 5.33. The van der Waals surface area contributed by atoms with Crippen LogP contribution in [-0.4, -0.2) is 46.1 Å². The van der Waals surface area contributed by atoms with Gasteiger partial charge in [-0.15, -0.1) is 0 Å². The number of amides is 1. The van der Waals surface area contributed by atoms with E-state index in [2.05, 4.69) is 15.2 Å². The maximum Gasteiger partial charge on any atom is 0.238 e. The minimum absolute atomic E-state index is 0.0455. The second kappa shape index (κ2) is 7.89. The van der Waals surface area contributed by atoms with E-state index < -0.39 is 5.60 Å². The first-order valence-corrected chi connectivity index (χ1v) is 9.99. The molecule has 1 unspecified atom stereocenters. The number of rotatable bonds is 6. The molecule has 1 aromatic carbocycles. The van der Waals surface area contributed by atoms with Crippen molar-refractivity contribution in [2.75, 3.05) is 18.5 Å². The van der Waals surface area contributed by atoms with Crippen molar-refractivity contribution in [2.45, 2.75) is 50.3 Å². The third-order valence-corrected chi connectivity index (χ3v) is 5.90. The standard InChI is InChI=1S/C22H27N3O3/c1-2-28-20-8-4-3-7-19(20)24-21(26)15-25-17-9-10-18(25)13-22(27,12-17)16-6-5-11-23-14-16/h3-8,11,14,17-18,27H,2,9-10,12-13,15H2,1H3,(H,24,26)/t17-,18+,22?. The maximum atomic E-state index is 12.7. The van der Waals surface area contributed by atoms with Crippen molar-refractivity contribution in [3.8, 4) is 5.75 Å². The minimum atomic E-state index is -0.853. The molecule has 1 amide bonds. The molecular formula is C22H27N3O3. The number of para-hydroxylation sites is 2. The van der Waals surface area contributed by atoms with Crippen LogP contribution in [0.15, 0.2) is 48.8 Å². The van der Waals surface area contributed by atoms with Crippen molar-refractivity contribution in [2.24, 2.45) is 0 Å². The number of aliphatic hydroxyl groups is 1. The number of hydrogen-bond acceptors (Lipinski definition) is 5. The van der Waals surface area contributed by atoms with E-state index in [9.17, 15) is 9.90 Å². The number of fused-ring (bicyclic) bond motifs is 2. The number of ether oxygens (including phenoxy) is 1. The first-order chi connectivity index (χ1) is 13.6. The molecule has 3 heterocycles. The molecule has 1 aromatic heterocycles. The number of pyridine rings is 1. The lowest BCUT2D eigenvalue weighted by Crippen LogP contribution is -2.51. The SMILES string of the molecule is CCOc1ccccc1NC(=O)CN1[C@@H]2CC[C@H]1CC(O)(c1cccnc1)C2. The fourth-order valence-electron chi connectivity index (χ4n) is 4.65. The third-order valence-electron chi connectivity index (χ3n) is 5.90. The van der Waals surface area contributed by atoms with E-state index in [1.807, 2.05) is 43.3 Å². The summed E-state index contributed by atoms with van der Waals surface area (Å²) in [6.45, 7) is 2.81. The highest BCUT2D eigenvalue weighted by Gasteiger charge is 2.48. The molecule has 0 saturated carbocycles. The molecule has 28 heavy (non-hydrogen) atoms. The van der Waals surface area contributed by atoms with E-state index in [1.54, 1.807) is 12.4 Å². The van der Waals surface area contributed by atoms with Crippen molar-refractivity contribution in [3.05, 3.63) is 54.4 Å². The van der Waals surface area contributed by atoms with Crippen LogP contribution >= 0.6 is 0 Å². The Bertz CT molecular complexity index is 813. The van der Waals surface area contributed by atoms with E-state index in [-0.39, 0.29) is 18.0 Å². The van der Waals surface area contributed by atoms with Crippen molar-refractivity contribution in [3.63, 3.8) is 0 Å². The van der Waals surface area contributed by atoms with E-state index in [1.165, 1.54) is 0 Å². The quantitative estimate of drug-likeness (QED) is 0.805. The molecule has 2 bridgehead atoms.